The molecule has 1 fully saturated rings. The van der Waals surface area contributed by atoms with Crippen LogP contribution in [-0.2, 0) is 25.5 Å². The smallest absolute Gasteiger partial charge is 0.326 e. The monoisotopic (exact) mass is 460 g/mol. The zero-order valence-electron chi connectivity index (χ0n) is 19.8. The van der Waals surface area contributed by atoms with Crippen molar-refractivity contribution in [2.24, 2.45) is 10.9 Å². The van der Waals surface area contributed by atoms with Crippen molar-refractivity contribution in [3.8, 4) is 0 Å². The highest BCUT2D eigenvalue weighted by atomic mass is 16.5. The summed E-state index contributed by atoms with van der Waals surface area (Å²) >= 11 is 0. The van der Waals surface area contributed by atoms with Gasteiger partial charge in [0.1, 0.15) is 5.65 Å². The second-order valence-electron chi connectivity index (χ2n) is 8.43. The molecule has 1 aliphatic rings. The standard InChI is InChI=1S/C26H28N4O4/c1-5-33-26(32)22-23(31)21(14-18-15-28-24-19(18)7-6-11-27-24)34-25(22)29-20-9-8-17(13-16(20)2)10-12-30(3)4/h6-9,11,13-15,22H,5,10,12H2,1-4H3,(H,27,28)/b21-14-,29-25?. The van der Waals surface area contributed by atoms with E-state index in [0.29, 0.717) is 11.3 Å². The Morgan fingerprint density at radius 1 is 1.32 bits per heavy atom. The van der Waals surface area contributed by atoms with Gasteiger partial charge in [0.2, 0.25) is 11.7 Å². The number of esters is 1. The van der Waals surface area contributed by atoms with Gasteiger partial charge in [0.25, 0.3) is 0 Å². The average Bonchev–Trinajstić information content (AvgIpc) is 3.35. The number of aliphatic imine (C=N–C) groups is 1. The normalized spacial score (nSPS) is 18.3. The number of likely N-dealkylation sites (N-methyl/N-ethyl adjacent to an activating group) is 1. The number of aromatic nitrogens is 2. The highest BCUT2D eigenvalue weighted by molar-refractivity contribution is 6.27. The molecule has 3 aromatic rings. The number of nitrogens with zero attached hydrogens (tertiary/aromatic N) is 3. The highest BCUT2D eigenvalue weighted by Crippen LogP contribution is 2.30. The van der Waals surface area contributed by atoms with Crippen molar-refractivity contribution < 1.29 is 19.1 Å². The van der Waals surface area contributed by atoms with E-state index in [4.69, 9.17) is 9.47 Å². The summed E-state index contributed by atoms with van der Waals surface area (Å²) < 4.78 is 11.0. The van der Waals surface area contributed by atoms with Gasteiger partial charge in [-0.2, -0.15) is 0 Å². The van der Waals surface area contributed by atoms with Gasteiger partial charge in [-0.1, -0.05) is 12.1 Å². The Morgan fingerprint density at radius 2 is 2.15 bits per heavy atom. The van der Waals surface area contributed by atoms with E-state index in [2.05, 4.69) is 25.9 Å². The molecule has 0 radical (unpaired) electrons. The summed E-state index contributed by atoms with van der Waals surface area (Å²) in [7, 11) is 4.07. The quantitative estimate of drug-likeness (QED) is 0.327. The number of carbonyl (C=O) groups excluding carboxylic acids is 2. The first-order valence-electron chi connectivity index (χ1n) is 11.2. The summed E-state index contributed by atoms with van der Waals surface area (Å²) in [6.07, 6.45) is 5.95. The number of aryl methyl sites for hydroxylation is 1. The molecule has 1 N–H and O–H groups in total. The maximum atomic E-state index is 13.2. The van der Waals surface area contributed by atoms with Crippen LogP contribution in [0.3, 0.4) is 0 Å². The van der Waals surface area contributed by atoms with Crippen molar-refractivity contribution in [3.05, 3.63) is 65.2 Å². The van der Waals surface area contributed by atoms with Crippen LogP contribution in [0.15, 0.2) is 53.5 Å². The van der Waals surface area contributed by atoms with Gasteiger partial charge in [-0.15, -0.1) is 0 Å². The molecule has 1 saturated heterocycles. The van der Waals surface area contributed by atoms with Gasteiger partial charge in [-0.25, -0.2) is 9.98 Å². The second-order valence-corrected chi connectivity index (χ2v) is 8.43. The Morgan fingerprint density at radius 3 is 2.88 bits per heavy atom. The molecule has 1 atom stereocenters. The minimum absolute atomic E-state index is 0.0248. The van der Waals surface area contributed by atoms with Crippen LogP contribution in [0, 0.1) is 12.8 Å². The molecule has 1 unspecified atom stereocenters. The van der Waals surface area contributed by atoms with Gasteiger partial charge in [-0.3, -0.25) is 9.59 Å². The maximum Gasteiger partial charge on any atom is 0.326 e. The lowest BCUT2D eigenvalue weighted by molar-refractivity contribution is -0.147. The van der Waals surface area contributed by atoms with Crippen molar-refractivity contribution in [1.29, 1.82) is 0 Å². The van der Waals surface area contributed by atoms with Crippen molar-refractivity contribution in [2.45, 2.75) is 20.3 Å². The van der Waals surface area contributed by atoms with E-state index in [0.717, 1.165) is 29.5 Å². The number of hydrogen-bond acceptors (Lipinski definition) is 7. The van der Waals surface area contributed by atoms with Crippen LogP contribution in [0.2, 0.25) is 0 Å². The van der Waals surface area contributed by atoms with Crippen LogP contribution in [-0.4, -0.2) is 59.8 Å². The Kier molecular flexibility index (Phi) is 6.88. The molecule has 2 aromatic heterocycles. The van der Waals surface area contributed by atoms with Crippen LogP contribution >= 0.6 is 0 Å². The largest absolute Gasteiger partial charge is 0.465 e. The molecule has 0 saturated carbocycles. The number of aromatic amines is 1. The fourth-order valence-corrected chi connectivity index (χ4v) is 3.81. The van der Waals surface area contributed by atoms with Gasteiger partial charge in [0, 0.05) is 29.9 Å². The number of benzene rings is 1. The number of carbonyl (C=O) groups is 2. The fraction of sp³-hybridized carbons (Fsp3) is 0.308. The zero-order valence-corrected chi connectivity index (χ0v) is 19.8. The summed E-state index contributed by atoms with van der Waals surface area (Å²) in [4.78, 5) is 39.8. The molecule has 4 rings (SSSR count). The van der Waals surface area contributed by atoms with E-state index in [1.807, 2.05) is 45.3 Å². The summed E-state index contributed by atoms with van der Waals surface area (Å²) in [6.45, 7) is 4.74. The Labute approximate surface area is 198 Å². The van der Waals surface area contributed by atoms with Crippen molar-refractivity contribution in [3.63, 3.8) is 0 Å². The molecule has 8 heteroatoms. The highest BCUT2D eigenvalue weighted by Gasteiger charge is 2.44. The Bertz CT molecular complexity index is 1290. The minimum atomic E-state index is -1.23. The molecule has 0 amide bonds. The molecular weight excluding hydrogens is 432 g/mol. The van der Waals surface area contributed by atoms with Crippen LogP contribution in [0.1, 0.15) is 23.6 Å². The molecule has 3 heterocycles. The number of H-pyrrole nitrogens is 1. The molecule has 1 aromatic carbocycles. The van der Waals surface area contributed by atoms with Gasteiger partial charge in [0.15, 0.2) is 11.7 Å². The van der Waals surface area contributed by atoms with E-state index in [1.165, 1.54) is 5.56 Å². The third-order valence-corrected chi connectivity index (χ3v) is 5.60. The molecule has 0 spiro atoms. The topological polar surface area (TPSA) is 96.9 Å². The number of ether oxygens (including phenoxy) is 2. The van der Waals surface area contributed by atoms with E-state index >= 15 is 0 Å². The van der Waals surface area contributed by atoms with E-state index in [9.17, 15) is 9.59 Å². The second kappa shape index (κ2) is 10.0. The van der Waals surface area contributed by atoms with Crippen LogP contribution in [0.4, 0.5) is 5.69 Å². The van der Waals surface area contributed by atoms with Crippen LogP contribution in [0.25, 0.3) is 17.1 Å². The van der Waals surface area contributed by atoms with E-state index in [-0.39, 0.29) is 18.3 Å². The van der Waals surface area contributed by atoms with E-state index < -0.39 is 17.7 Å². The number of nitrogens with one attached hydrogen (secondary N) is 1. The van der Waals surface area contributed by atoms with Crippen molar-refractivity contribution in [2.75, 3.05) is 27.2 Å². The number of rotatable bonds is 7. The number of pyridine rings is 1. The lowest BCUT2D eigenvalue weighted by atomic mass is 10.0. The Hall–Kier alpha value is -3.78. The zero-order chi connectivity index (χ0) is 24.2. The number of Topliss-reactive ketones (excluding diaryl/α,β-unsaturated/α-hetero) is 1. The SMILES string of the molecule is CCOC(=O)C1C(=O)/C(=C/c2c[nH]c3ncccc23)OC1=Nc1ccc(CCN(C)C)cc1C. The summed E-state index contributed by atoms with van der Waals surface area (Å²) in [6, 6.07) is 9.66. The fourth-order valence-electron chi connectivity index (χ4n) is 3.81. The lowest BCUT2D eigenvalue weighted by Crippen LogP contribution is -2.27. The molecule has 0 bridgehead atoms. The summed E-state index contributed by atoms with van der Waals surface area (Å²) in [5.41, 5.74) is 4.19. The number of ketones is 1. The van der Waals surface area contributed by atoms with E-state index in [1.54, 1.807) is 25.4 Å². The van der Waals surface area contributed by atoms with Crippen LogP contribution in [0.5, 0.6) is 0 Å². The molecule has 1 aliphatic heterocycles. The molecule has 176 valence electrons. The Balaban J connectivity index is 1.68. The molecule has 34 heavy (non-hydrogen) atoms. The third kappa shape index (κ3) is 4.92. The third-order valence-electron chi connectivity index (χ3n) is 5.60. The van der Waals surface area contributed by atoms with Gasteiger partial charge in [-0.05, 0) is 69.8 Å². The predicted molar refractivity (Wildman–Crippen MR) is 131 cm³/mol. The molecule has 0 aliphatic carbocycles. The summed E-state index contributed by atoms with van der Waals surface area (Å²) in [5.74, 6) is -2.31. The van der Waals surface area contributed by atoms with Crippen molar-refractivity contribution >= 4 is 40.4 Å². The molecule has 8 nitrogen and oxygen atoms in total. The summed E-state index contributed by atoms with van der Waals surface area (Å²) in [5, 5.41) is 0.841. The van der Waals surface area contributed by atoms with Gasteiger partial charge >= 0.3 is 5.97 Å². The van der Waals surface area contributed by atoms with Crippen molar-refractivity contribution in [1.82, 2.24) is 14.9 Å². The van der Waals surface area contributed by atoms with Gasteiger partial charge < -0.3 is 19.4 Å². The van der Waals surface area contributed by atoms with Crippen LogP contribution < -0.4 is 0 Å². The first kappa shape index (κ1) is 23.4. The predicted octanol–water partition coefficient (Wildman–Crippen LogP) is 3.83. The number of hydrogen-bond donors (Lipinski definition) is 1. The minimum Gasteiger partial charge on any atom is -0.465 e. The first-order chi connectivity index (χ1) is 16.4. The number of allylic oxidation sites excluding steroid dienone is 1. The van der Waals surface area contributed by atoms with Gasteiger partial charge in [0.05, 0.1) is 12.3 Å². The first-order valence-corrected chi connectivity index (χ1v) is 11.2. The molecular formula is C26H28N4O4. The maximum absolute atomic E-state index is 13.2. The average molecular weight is 461 g/mol. The number of fused-ring (bicyclic) bond motifs is 1. The lowest BCUT2D eigenvalue weighted by Gasteiger charge is -2.11.